The maximum absolute atomic E-state index is 12.3. The van der Waals surface area contributed by atoms with Crippen LogP contribution in [0.5, 0.6) is 0 Å². The average molecular weight is 357 g/mol. The van der Waals surface area contributed by atoms with E-state index < -0.39 is 0 Å². The number of fused-ring (bicyclic) bond motifs is 2. The number of halogens is 1. The maximum atomic E-state index is 12.3. The van der Waals surface area contributed by atoms with Crippen molar-refractivity contribution in [2.45, 2.75) is 13.5 Å². The smallest absolute Gasteiger partial charge is 0.274 e. The van der Waals surface area contributed by atoms with Crippen LogP contribution < -0.4 is 10.9 Å². The predicted octanol–water partition coefficient (Wildman–Crippen LogP) is 1.56. The monoisotopic (exact) mass is 356 g/mol. The van der Waals surface area contributed by atoms with Crippen LogP contribution in [0.4, 0.5) is 0 Å². The first-order valence-corrected chi connectivity index (χ1v) is 7.88. The SMILES string of the molecule is Cc1cn2nc(C(=O)NCc3cn4cc(Cl)ccc4n3)cc2c(=O)[nH]1. The number of carbonyl (C=O) groups excluding carboxylic acids is 1. The number of aromatic nitrogens is 5. The van der Waals surface area contributed by atoms with Crippen LogP contribution in [-0.4, -0.2) is 29.9 Å². The summed E-state index contributed by atoms with van der Waals surface area (Å²) in [6.07, 6.45) is 5.19. The molecule has 4 aromatic rings. The van der Waals surface area contributed by atoms with E-state index in [0.717, 1.165) is 5.65 Å². The number of rotatable bonds is 3. The molecule has 0 saturated heterocycles. The third-order valence-electron chi connectivity index (χ3n) is 3.72. The van der Waals surface area contributed by atoms with Crippen LogP contribution in [0.3, 0.4) is 0 Å². The summed E-state index contributed by atoms with van der Waals surface area (Å²) in [6.45, 7) is 1.99. The van der Waals surface area contributed by atoms with Crippen LogP contribution in [0, 0.1) is 6.92 Å². The first kappa shape index (κ1) is 15.4. The highest BCUT2D eigenvalue weighted by Crippen LogP contribution is 2.12. The minimum atomic E-state index is -0.379. The van der Waals surface area contributed by atoms with Gasteiger partial charge < -0.3 is 14.7 Å². The Morgan fingerprint density at radius 1 is 1.32 bits per heavy atom. The Kier molecular flexibility index (Phi) is 3.54. The second kappa shape index (κ2) is 5.75. The van der Waals surface area contributed by atoms with Crippen molar-refractivity contribution < 1.29 is 4.79 Å². The molecule has 4 aromatic heterocycles. The fourth-order valence-electron chi connectivity index (χ4n) is 2.60. The van der Waals surface area contributed by atoms with Gasteiger partial charge in [0, 0.05) is 30.4 Å². The van der Waals surface area contributed by atoms with Crippen LogP contribution in [-0.2, 0) is 6.54 Å². The minimum Gasteiger partial charge on any atom is -0.345 e. The number of pyridine rings is 1. The van der Waals surface area contributed by atoms with E-state index in [1.165, 1.54) is 10.6 Å². The standard InChI is InChI=1S/C16H13ClN6O2/c1-9-6-23-13(16(25)19-9)4-12(21-23)15(24)18-5-11-8-22-7-10(17)2-3-14(22)20-11/h2-4,6-8H,5H2,1H3,(H,18,24)(H,19,25). The molecule has 0 saturated carbocycles. The Labute approximate surface area is 146 Å². The van der Waals surface area contributed by atoms with Crippen LogP contribution in [0.25, 0.3) is 11.2 Å². The second-order valence-corrected chi connectivity index (χ2v) is 6.09. The van der Waals surface area contributed by atoms with Crippen molar-refractivity contribution in [2.24, 2.45) is 0 Å². The molecule has 0 fully saturated rings. The highest BCUT2D eigenvalue weighted by molar-refractivity contribution is 6.30. The zero-order chi connectivity index (χ0) is 17.6. The lowest BCUT2D eigenvalue weighted by molar-refractivity contribution is 0.0945. The summed E-state index contributed by atoms with van der Waals surface area (Å²) in [7, 11) is 0. The number of nitrogens with zero attached hydrogens (tertiary/aromatic N) is 4. The van der Waals surface area contributed by atoms with E-state index in [0.29, 0.717) is 21.9 Å². The van der Waals surface area contributed by atoms with E-state index in [1.807, 2.05) is 0 Å². The molecule has 25 heavy (non-hydrogen) atoms. The molecule has 0 aliphatic heterocycles. The molecular weight excluding hydrogens is 344 g/mol. The van der Waals surface area contributed by atoms with Crippen LogP contribution >= 0.6 is 11.6 Å². The highest BCUT2D eigenvalue weighted by Gasteiger charge is 2.13. The quantitative estimate of drug-likeness (QED) is 0.582. The third kappa shape index (κ3) is 2.87. The van der Waals surface area contributed by atoms with Gasteiger partial charge in [0.2, 0.25) is 0 Å². The van der Waals surface area contributed by atoms with Gasteiger partial charge >= 0.3 is 0 Å². The molecule has 0 atom stereocenters. The summed E-state index contributed by atoms with van der Waals surface area (Å²) in [4.78, 5) is 31.2. The van der Waals surface area contributed by atoms with Crippen molar-refractivity contribution >= 4 is 28.7 Å². The van der Waals surface area contributed by atoms with Gasteiger partial charge in [-0.2, -0.15) is 5.10 Å². The molecule has 0 radical (unpaired) electrons. The lowest BCUT2D eigenvalue weighted by Crippen LogP contribution is -2.23. The lowest BCUT2D eigenvalue weighted by Gasteiger charge is -1.99. The number of imidazole rings is 1. The molecule has 8 nitrogen and oxygen atoms in total. The largest absolute Gasteiger partial charge is 0.345 e. The zero-order valence-electron chi connectivity index (χ0n) is 13.2. The molecule has 0 unspecified atom stereocenters. The van der Waals surface area contributed by atoms with E-state index in [4.69, 9.17) is 11.6 Å². The molecule has 126 valence electrons. The van der Waals surface area contributed by atoms with Gasteiger partial charge in [-0.1, -0.05) is 11.6 Å². The second-order valence-electron chi connectivity index (χ2n) is 5.65. The van der Waals surface area contributed by atoms with E-state index in [1.54, 1.807) is 42.0 Å². The van der Waals surface area contributed by atoms with Crippen molar-refractivity contribution in [3.8, 4) is 0 Å². The summed E-state index contributed by atoms with van der Waals surface area (Å²) in [5.74, 6) is -0.379. The van der Waals surface area contributed by atoms with Gasteiger partial charge in [-0.15, -0.1) is 0 Å². The van der Waals surface area contributed by atoms with Crippen LogP contribution in [0.2, 0.25) is 5.02 Å². The molecule has 0 bridgehead atoms. The molecule has 4 heterocycles. The number of nitrogens with one attached hydrogen (secondary N) is 2. The normalized spacial score (nSPS) is 11.3. The zero-order valence-corrected chi connectivity index (χ0v) is 13.9. The predicted molar refractivity (Wildman–Crippen MR) is 91.9 cm³/mol. The molecule has 0 aliphatic carbocycles. The number of carbonyl (C=O) groups is 1. The van der Waals surface area contributed by atoms with E-state index in [9.17, 15) is 9.59 Å². The number of aromatic amines is 1. The van der Waals surface area contributed by atoms with Crippen molar-refractivity contribution in [3.63, 3.8) is 0 Å². The summed E-state index contributed by atoms with van der Waals surface area (Å²) in [6, 6.07) is 5.00. The van der Waals surface area contributed by atoms with Crippen molar-refractivity contribution in [3.05, 3.63) is 69.2 Å². The average Bonchev–Trinajstić information content (AvgIpc) is 3.15. The molecular formula is C16H13ClN6O2. The Balaban J connectivity index is 1.55. The van der Waals surface area contributed by atoms with Gasteiger partial charge in [0.15, 0.2) is 5.69 Å². The fraction of sp³-hybridized carbons (Fsp3) is 0.125. The fourth-order valence-corrected chi connectivity index (χ4v) is 2.76. The Morgan fingerprint density at radius 3 is 3.00 bits per heavy atom. The van der Waals surface area contributed by atoms with Gasteiger partial charge in [0.1, 0.15) is 11.2 Å². The van der Waals surface area contributed by atoms with Gasteiger partial charge in [-0.25, -0.2) is 9.50 Å². The topological polar surface area (TPSA) is 96.6 Å². The van der Waals surface area contributed by atoms with Gasteiger partial charge in [-0.05, 0) is 19.1 Å². The molecule has 2 N–H and O–H groups in total. The molecule has 0 aromatic carbocycles. The molecule has 9 heteroatoms. The Morgan fingerprint density at radius 2 is 2.16 bits per heavy atom. The molecule has 0 aliphatic rings. The first-order valence-electron chi connectivity index (χ1n) is 7.50. The first-order chi connectivity index (χ1) is 12.0. The highest BCUT2D eigenvalue weighted by atomic mass is 35.5. The maximum Gasteiger partial charge on any atom is 0.274 e. The minimum absolute atomic E-state index is 0.169. The number of aryl methyl sites for hydroxylation is 1. The summed E-state index contributed by atoms with van der Waals surface area (Å²) in [5.41, 5.74) is 2.29. The summed E-state index contributed by atoms with van der Waals surface area (Å²) in [5, 5.41) is 7.50. The van der Waals surface area contributed by atoms with Crippen molar-refractivity contribution in [1.82, 2.24) is 29.3 Å². The molecule has 1 amide bonds. The Bertz CT molecular complexity index is 1170. The summed E-state index contributed by atoms with van der Waals surface area (Å²) >= 11 is 5.94. The van der Waals surface area contributed by atoms with Gasteiger partial charge in [-0.3, -0.25) is 9.59 Å². The van der Waals surface area contributed by atoms with E-state index >= 15 is 0 Å². The third-order valence-corrected chi connectivity index (χ3v) is 3.95. The van der Waals surface area contributed by atoms with Gasteiger partial charge in [0.05, 0.1) is 17.3 Å². The van der Waals surface area contributed by atoms with Crippen molar-refractivity contribution in [1.29, 1.82) is 0 Å². The van der Waals surface area contributed by atoms with Crippen LogP contribution in [0.15, 0.2) is 41.6 Å². The lowest BCUT2D eigenvalue weighted by atomic mass is 10.3. The number of H-pyrrole nitrogens is 1. The van der Waals surface area contributed by atoms with Gasteiger partial charge in [0.25, 0.3) is 11.5 Å². The Hall–Kier alpha value is -3.13. The number of hydrogen-bond donors (Lipinski definition) is 2. The molecule has 4 rings (SSSR count). The summed E-state index contributed by atoms with van der Waals surface area (Å²) < 4.78 is 3.19. The molecule has 0 spiro atoms. The van der Waals surface area contributed by atoms with E-state index in [-0.39, 0.29) is 23.7 Å². The number of amides is 1. The van der Waals surface area contributed by atoms with Crippen molar-refractivity contribution in [2.75, 3.05) is 0 Å². The van der Waals surface area contributed by atoms with E-state index in [2.05, 4.69) is 20.4 Å². The van der Waals surface area contributed by atoms with Crippen LogP contribution in [0.1, 0.15) is 21.9 Å². The number of hydrogen-bond acceptors (Lipinski definition) is 4.